The molecule has 0 bridgehead atoms. The molecule has 0 aliphatic rings. The number of halogens is 4. The van der Waals surface area contributed by atoms with Gasteiger partial charge in [-0.3, -0.25) is 0 Å². The van der Waals surface area contributed by atoms with E-state index in [4.69, 9.17) is 16.7 Å². The van der Waals surface area contributed by atoms with Crippen molar-refractivity contribution in [3.05, 3.63) is 23.2 Å². The molecule has 0 saturated carbocycles. The zero-order valence-electron chi connectivity index (χ0n) is 11.0. The Bertz CT molecular complexity index is 497. The number of amides is 2. The highest BCUT2D eigenvalue weighted by Gasteiger charge is 2.29. The molecule has 0 aromatic heterocycles. The van der Waals surface area contributed by atoms with Crippen molar-refractivity contribution in [1.29, 1.82) is 0 Å². The summed E-state index contributed by atoms with van der Waals surface area (Å²) in [7, 11) is 0. The van der Waals surface area contributed by atoms with E-state index in [0.717, 1.165) is 0 Å². The van der Waals surface area contributed by atoms with Crippen molar-refractivity contribution >= 4 is 23.3 Å². The molecule has 2 amide bonds. The van der Waals surface area contributed by atoms with Crippen LogP contribution in [0.3, 0.4) is 0 Å². The fourth-order valence-corrected chi connectivity index (χ4v) is 1.47. The van der Waals surface area contributed by atoms with E-state index in [1.54, 1.807) is 6.92 Å². The molecule has 1 aromatic carbocycles. The van der Waals surface area contributed by atoms with Gasteiger partial charge in [-0.25, -0.2) is 4.79 Å². The van der Waals surface area contributed by atoms with Gasteiger partial charge in [-0.1, -0.05) is 11.6 Å². The highest BCUT2D eigenvalue weighted by Crippen LogP contribution is 2.29. The number of hydrogen-bond donors (Lipinski definition) is 3. The van der Waals surface area contributed by atoms with Crippen LogP contribution >= 0.6 is 11.6 Å². The van der Waals surface area contributed by atoms with Crippen LogP contribution in [-0.4, -0.2) is 36.6 Å². The van der Waals surface area contributed by atoms with E-state index in [1.165, 1.54) is 18.2 Å². The summed E-state index contributed by atoms with van der Waals surface area (Å²) in [6, 6.07) is 2.69. The summed E-state index contributed by atoms with van der Waals surface area (Å²) < 4.78 is 41.1. The Hall–Kier alpha value is -1.67. The average molecular weight is 327 g/mol. The number of aliphatic hydroxyl groups excluding tert-OH is 1. The van der Waals surface area contributed by atoms with Crippen molar-refractivity contribution in [3.8, 4) is 5.75 Å². The standard InChI is InChI=1S/C12H14ClF3N2O3/c1-7(5-19)17-11(20)18-9-3-2-8(13)4-10(9)21-6-12(14,15)16/h2-4,7,19H,5-6H2,1H3,(H2,17,18,20)/t7-/m0/s1. The summed E-state index contributed by atoms with van der Waals surface area (Å²) in [5.41, 5.74) is 0.0336. The van der Waals surface area contributed by atoms with Crippen molar-refractivity contribution < 1.29 is 27.8 Å². The van der Waals surface area contributed by atoms with Gasteiger partial charge in [-0.2, -0.15) is 13.2 Å². The number of ether oxygens (including phenoxy) is 1. The summed E-state index contributed by atoms with van der Waals surface area (Å²) in [5, 5.41) is 13.7. The van der Waals surface area contributed by atoms with E-state index in [1.807, 2.05) is 0 Å². The van der Waals surface area contributed by atoms with Crippen molar-refractivity contribution in [1.82, 2.24) is 5.32 Å². The quantitative estimate of drug-likeness (QED) is 0.779. The SMILES string of the molecule is C[C@@H](CO)NC(=O)Nc1ccc(Cl)cc1OCC(F)(F)F. The van der Waals surface area contributed by atoms with Gasteiger partial charge in [0, 0.05) is 11.1 Å². The van der Waals surface area contributed by atoms with Gasteiger partial charge in [-0.05, 0) is 19.1 Å². The molecule has 118 valence electrons. The monoisotopic (exact) mass is 326 g/mol. The summed E-state index contributed by atoms with van der Waals surface area (Å²) in [4.78, 5) is 11.6. The Morgan fingerprint density at radius 3 is 2.71 bits per heavy atom. The number of anilines is 1. The van der Waals surface area contributed by atoms with E-state index in [9.17, 15) is 18.0 Å². The molecule has 3 N–H and O–H groups in total. The van der Waals surface area contributed by atoms with Crippen LogP contribution < -0.4 is 15.4 Å². The minimum Gasteiger partial charge on any atom is -0.482 e. The molecule has 0 aliphatic carbocycles. The summed E-state index contributed by atoms with van der Waals surface area (Å²) >= 11 is 5.69. The maximum atomic E-state index is 12.2. The largest absolute Gasteiger partial charge is 0.482 e. The molecule has 21 heavy (non-hydrogen) atoms. The fourth-order valence-electron chi connectivity index (χ4n) is 1.31. The first-order chi connectivity index (χ1) is 9.71. The molecule has 0 radical (unpaired) electrons. The number of urea groups is 1. The first kappa shape index (κ1) is 17.4. The lowest BCUT2D eigenvalue weighted by Gasteiger charge is -2.16. The molecular weight excluding hydrogens is 313 g/mol. The van der Waals surface area contributed by atoms with Crippen molar-refractivity contribution in [2.75, 3.05) is 18.5 Å². The van der Waals surface area contributed by atoms with Crippen LogP contribution in [0.2, 0.25) is 5.02 Å². The number of hydrogen-bond acceptors (Lipinski definition) is 3. The summed E-state index contributed by atoms with van der Waals surface area (Å²) in [6.07, 6.45) is -4.51. The van der Waals surface area contributed by atoms with Crippen LogP contribution in [0.1, 0.15) is 6.92 Å². The molecule has 1 aromatic rings. The third-order valence-electron chi connectivity index (χ3n) is 2.23. The highest BCUT2D eigenvalue weighted by molar-refractivity contribution is 6.30. The third-order valence-corrected chi connectivity index (χ3v) is 2.47. The highest BCUT2D eigenvalue weighted by atomic mass is 35.5. The molecule has 0 spiro atoms. The van der Waals surface area contributed by atoms with Crippen molar-refractivity contribution in [2.24, 2.45) is 0 Å². The first-order valence-corrected chi connectivity index (χ1v) is 6.26. The van der Waals surface area contributed by atoms with E-state index in [0.29, 0.717) is 0 Å². The Morgan fingerprint density at radius 2 is 2.14 bits per heavy atom. The summed E-state index contributed by atoms with van der Waals surface area (Å²) in [5.74, 6) is -0.202. The van der Waals surface area contributed by atoms with Gasteiger partial charge in [0.15, 0.2) is 6.61 Å². The van der Waals surface area contributed by atoms with Crippen molar-refractivity contribution in [3.63, 3.8) is 0 Å². The number of aliphatic hydroxyl groups is 1. The second-order valence-corrected chi connectivity index (χ2v) is 4.66. The maximum Gasteiger partial charge on any atom is 0.422 e. The van der Waals surface area contributed by atoms with Crippen molar-refractivity contribution in [2.45, 2.75) is 19.1 Å². The summed E-state index contributed by atoms with van der Waals surface area (Å²) in [6.45, 7) is -0.218. The molecule has 9 heteroatoms. The van der Waals surface area contributed by atoms with E-state index in [2.05, 4.69) is 15.4 Å². The smallest absolute Gasteiger partial charge is 0.422 e. The zero-order chi connectivity index (χ0) is 16.0. The molecule has 5 nitrogen and oxygen atoms in total. The minimum atomic E-state index is -4.51. The first-order valence-electron chi connectivity index (χ1n) is 5.88. The molecule has 0 unspecified atom stereocenters. The Kier molecular flexibility index (Phi) is 6.10. The third kappa shape index (κ3) is 6.54. The molecule has 0 heterocycles. The maximum absolute atomic E-state index is 12.2. The normalized spacial score (nSPS) is 12.7. The Balaban J connectivity index is 2.79. The molecular formula is C12H14ClF3N2O3. The Morgan fingerprint density at radius 1 is 1.48 bits per heavy atom. The Labute approximate surface area is 124 Å². The van der Waals surface area contributed by atoms with E-state index >= 15 is 0 Å². The van der Waals surface area contributed by atoms with Crippen LogP contribution in [0.4, 0.5) is 23.7 Å². The lowest BCUT2D eigenvalue weighted by Crippen LogP contribution is -2.38. The topological polar surface area (TPSA) is 70.6 Å². The van der Waals surface area contributed by atoms with Gasteiger partial charge in [0.2, 0.25) is 0 Å². The number of carbonyl (C=O) groups excluding carboxylic acids is 1. The lowest BCUT2D eigenvalue weighted by atomic mass is 10.3. The molecule has 0 fully saturated rings. The van der Waals surface area contributed by atoms with Gasteiger partial charge in [0.25, 0.3) is 0 Å². The number of alkyl halides is 3. The number of nitrogens with one attached hydrogen (secondary N) is 2. The van der Waals surface area contributed by atoms with Crippen LogP contribution in [0.5, 0.6) is 5.75 Å². The van der Waals surface area contributed by atoms with Gasteiger partial charge in [-0.15, -0.1) is 0 Å². The van der Waals surface area contributed by atoms with E-state index in [-0.39, 0.29) is 23.1 Å². The lowest BCUT2D eigenvalue weighted by molar-refractivity contribution is -0.153. The van der Waals surface area contributed by atoms with Crippen LogP contribution in [0.15, 0.2) is 18.2 Å². The number of rotatable bonds is 5. The zero-order valence-corrected chi connectivity index (χ0v) is 11.8. The van der Waals surface area contributed by atoms with Gasteiger partial charge >= 0.3 is 12.2 Å². The molecule has 1 rings (SSSR count). The second kappa shape index (κ2) is 7.37. The number of benzene rings is 1. The average Bonchev–Trinajstić information content (AvgIpc) is 2.37. The van der Waals surface area contributed by atoms with Crippen LogP contribution in [0, 0.1) is 0 Å². The molecule has 1 atom stereocenters. The predicted octanol–water partition coefficient (Wildman–Crippen LogP) is 2.78. The second-order valence-electron chi connectivity index (χ2n) is 4.23. The van der Waals surface area contributed by atoms with Gasteiger partial charge < -0.3 is 20.5 Å². The van der Waals surface area contributed by atoms with Gasteiger partial charge in [0.05, 0.1) is 18.3 Å². The predicted molar refractivity (Wildman–Crippen MR) is 71.7 cm³/mol. The fraction of sp³-hybridized carbons (Fsp3) is 0.417. The van der Waals surface area contributed by atoms with Crippen LogP contribution in [-0.2, 0) is 0 Å². The molecule has 0 saturated heterocycles. The van der Waals surface area contributed by atoms with E-state index < -0.39 is 24.9 Å². The minimum absolute atomic E-state index is 0.0336. The van der Waals surface area contributed by atoms with Gasteiger partial charge in [0.1, 0.15) is 5.75 Å². The van der Waals surface area contributed by atoms with Crippen LogP contribution in [0.25, 0.3) is 0 Å². The number of carbonyl (C=O) groups is 1. The molecule has 0 aliphatic heterocycles.